The minimum absolute atomic E-state index is 0.0201. The molecule has 0 saturated carbocycles. The number of fused-ring (bicyclic) bond motifs is 1. The smallest absolute Gasteiger partial charge is 0.224 e. The van der Waals surface area contributed by atoms with Gasteiger partial charge in [-0.05, 0) is 37.0 Å². The average molecular weight is 427 g/mol. The molecule has 4 rings (SSSR count). The minimum Gasteiger partial charge on any atom is -0.353 e. The first-order chi connectivity index (χ1) is 14.6. The highest BCUT2D eigenvalue weighted by atomic mass is 35.5. The maximum atomic E-state index is 13.9. The van der Waals surface area contributed by atoms with Crippen molar-refractivity contribution in [2.45, 2.75) is 51.1 Å². The van der Waals surface area contributed by atoms with Crippen LogP contribution in [-0.4, -0.2) is 26.7 Å². The number of carbonyl (C=O) groups excluding carboxylic acids is 1. The van der Waals surface area contributed by atoms with Crippen molar-refractivity contribution in [3.63, 3.8) is 0 Å². The molecule has 1 aliphatic rings. The van der Waals surface area contributed by atoms with E-state index in [1.165, 1.54) is 17.7 Å². The first kappa shape index (κ1) is 20.5. The lowest BCUT2D eigenvalue weighted by Crippen LogP contribution is -2.36. The molecule has 156 valence electrons. The SMILES string of the molecule is O=C(Cc1c(F)cccc1Cl)NC1CCc2nnc(CCc3ccccc3)n2CC1. The Morgan fingerprint density at radius 2 is 1.93 bits per heavy atom. The van der Waals surface area contributed by atoms with Gasteiger partial charge < -0.3 is 9.88 Å². The van der Waals surface area contributed by atoms with Crippen LogP contribution in [0.2, 0.25) is 5.02 Å². The van der Waals surface area contributed by atoms with Crippen molar-refractivity contribution in [2.24, 2.45) is 0 Å². The molecule has 0 fully saturated rings. The van der Waals surface area contributed by atoms with E-state index in [-0.39, 0.29) is 29.0 Å². The number of hydrogen-bond acceptors (Lipinski definition) is 3. The zero-order valence-electron chi connectivity index (χ0n) is 16.7. The third-order valence-corrected chi connectivity index (χ3v) is 5.92. The van der Waals surface area contributed by atoms with E-state index >= 15 is 0 Å². The van der Waals surface area contributed by atoms with Crippen LogP contribution in [0.5, 0.6) is 0 Å². The molecular formula is C23H24ClFN4O. The molecule has 1 atom stereocenters. The van der Waals surface area contributed by atoms with Crippen LogP contribution < -0.4 is 5.32 Å². The predicted octanol–water partition coefficient (Wildman–Crippen LogP) is 3.92. The summed E-state index contributed by atoms with van der Waals surface area (Å²) in [4.78, 5) is 12.5. The van der Waals surface area contributed by atoms with E-state index in [9.17, 15) is 9.18 Å². The molecule has 2 heterocycles. The quantitative estimate of drug-likeness (QED) is 0.649. The third kappa shape index (κ3) is 4.87. The Morgan fingerprint density at radius 3 is 2.73 bits per heavy atom. The molecule has 0 aliphatic carbocycles. The Hall–Kier alpha value is -2.73. The summed E-state index contributed by atoms with van der Waals surface area (Å²) in [6.45, 7) is 0.762. The first-order valence-corrected chi connectivity index (χ1v) is 10.6. The van der Waals surface area contributed by atoms with Gasteiger partial charge in [0.15, 0.2) is 0 Å². The fraction of sp³-hybridized carbons (Fsp3) is 0.348. The van der Waals surface area contributed by atoms with E-state index < -0.39 is 5.82 Å². The van der Waals surface area contributed by atoms with Crippen LogP contribution in [0.3, 0.4) is 0 Å². The van der Waals surface area contributed by atoms with Gasteiger partial charge in [-0.3, -0.25) is 4.79 Å². The molecule has 0 bridgehead atoms. The monoisotopic (exact) mass is 426 g/mol. The fourth-order valence-corrected chi connectivity index (χ4v) is 4.15. The minimum atomic E-state index is -0.451. The van der Waals surface area contributed by atoms with Gasteiger partial charge >= 0.3 is 0 Å². The molecule has 7 heteroatoms. The maximum absolute atomic E-state index is 13.9. The van der Waals surface area contributed by atoms with E-state index in [4.69, 9.17) is 11.6 Å². The van der Waals surface area contributed by atoms with Crippen molar-refractivity contribution < 1.29 is 9.18 Å². The molecular weight excluding hydrogens is 403 g/mol. The molecule has 1 aliphatic heterocycles. The van der Waals surface area contributed by atoms with Crippen LogP contribution in [0.1, 0.15) is 35.6 Å². The number of nitrogens with one attached hydrogen (secondary N) is 1. The standard InChI is InChI=1S/C23H24ClFN4O/c24-19-7-4-8-20(25)18(19)15-23(30)26-17-10-12-22-28-27-21(29(22)14-13-17)11-9-16-5-2-1-3-6-16/h1-8,17H,9-15H2,(H,26,30). The second kappa shape index (κ2) is 9.39. The molecule has 1 aromatic heterocycles. The molecule has 1 unspecified atom stereocenters. The number of benzene rings is 2. The topological polar surface area (TPSA) is 59.8 Å². The normalized spacial score (nSPS) is 16.0. The number of amides is 1. The van der Waals surface area contributed by atoms with Crippen molar-refractivity contribution in [3.05, 3.63) is 82.1 Å². The van der Waals surface area contributed by atoms with E-state index in [0.717, 1.165) is 50.3 Å². The first-order valence-electron chi connectivity index (χ1n) is 10.3. The average Bonchev–Trinajstić information content (AvgIpc) is 3.03. The lowest BCUT2D eigenvalue weighted by Gasteiger charge is -2.16. The molecule has 30 heavy (non-hydrogen) atoms. The third-order valence-electron chi connectivity index (χ3n) is 5.57. The highest BCUT2D eigenvalue weighted by Gasteiger charge is 2.22. The Balaban J connectivity index is 1.34. The molecule has 2 aromatic carbocycles. The van der Waals surface area contributed by atoms with E-state index in [1.54, 1.807) is 6.07 Å². The summed E-state index contributed by atoms with van der Waals surface area (Å²) in [7, 11) is 0. The highest BCUT2D eigenvalue weighted by Crippen LogP contribution is 2.20. The van der Waals surface area contributed by atoms with Crippen LogP contribution in [0, 0.1) is 5.82 Å². The molecule has 1 N–H and O–H groups in total. The summed E-state index contributed by atoms with van der Waals surface area (Å²) < 4.78 is 16.1. The zero-order chi connectivity index (χ0) is 20.9. The molecule has 0 saturated heterocycles. The molecule has 3 aromatic rings. The van der Waals surface area contributed by atoms with Gasteiger partial charge in [-0.2, -0.15) is 0 Å². The van der Waals surface area contributed by atoms with Gasteiger partial charge in [0.25, 0.3) is 0 Å². The van der Waals surface area contributed by atoms with Crippen LogP contribution in [0.15, 0.2) is 48.5 Å². The summed E-state index contributed by atoms with van der Waals surface area (Å²) in [5.74, 6) is 1.28. The molecule has 0 radical (unpaired) electrons. The number of rotatable bonds is 6. The molecule has 1 amide bonds. The van der Waals surface area contributed by atoms with Gasteiger partial charge in [0.1, 0.15) is 17.5 Å². The Kier molecular flexibility index (Phi) is 6.43. The fourth-order valence-electron chi connectivity index (χ4n) is 3.92. The Bertz CT molecular complexity index is 1000. The van der Waals surface area contributed by atoms with Crippen molar-refractivity contribution in [1.82, 2.24) is 20.1 Å². The summed E-state index contributed by atoms with van der Waals surface area (Å²) in [5, 5.41) is 12.1. The summed E-state index contributed by atoms with van der Waals surface area (Å²) in [5.41, 5.74) is 1.52. The second-order valence-electron chi connectivity index (χ2n) is 7.64. The number of hydrogen-bond donors (Lipinski definition) is 1. The van der Waals surface area contributed by atoms with E-state index in [2.05, 4.69) is 32.2 Å². The number of nitrogens with zero attached hydrogens (tertiary/aromatic N) is 3. The zero-order valence-corrected chi connectivity index (χ0v) is 17.4. The number of carbonyl (C=O) groups is 1. The van der Waals surface area contributed by atoms with Gasteiger partial charge in [0.05, 0.1) is 6.42 Å². The number of aromatic nitrogens is 3. The Labute approximate surface area is 180 Å². The van der Waals surface area contributed by atoms with Crippen LogP contribution in [0.4, 0.5) is 4.39 Å². The predicted molar refractivity (Wildman–Crippen MR) is 114 cm³/mol. The largest absolute Gasteiger partial charge is 0.353 e. The Morgan fingerprint density at radius 1 is 1.10 bits per heavy atom. The summed E-state index contributed by atoms with van der Waals surface area (Å²) in [6.07, 6.45) is 4.02. The van der Waals surface area contributed by atoms with Gasteiger partial charge in [-0.1, -0.05) is 48.0 Å². The van der Waals surface area contributed by atoms with Crippen LogP contribution >= 0.6 is 11.6 Å². The van der Waals surface area contributed by atoms with Crippen LogP contribution in [-0.2, 0) is 37.0 Å². The molecule has 5 nitrogen and oxygen atoms in total. The van der Waals surface area contributed by atoms with E-state index in [1.807, 2.05) is 18.2 Å². The van der Waals surface area contributed by atoms with E-state index in [0.29, 0.717) is 0 Å². The lowest BCUT2D eigenvalue weighted by molar-refractivity contribution is -0.121. The maximum Gasteiger partial charge on any atom is 0.224 e. The van der Waals surface area contributed by atoms with Crippen molar-refractivity contribution >= 4 is 17.5 Å². The van der Waals surface area contributed by atoms with Crippen LogP contribution in [0.25, 0.3) is 0 Å². The highest BCUT2D eigenvalue weighted by molar-refractivity contribution is 6.31. The summed E-state index contributed by atoms with van der Waals surface area (Å²) in [6, 6.07) is 14.8. The van der Waals surface area contributed by atoms with Gasteiger partial charge in [0.2, 0.25) is 5.91 Å². The number of halogens is 2. The summed E-state index contributed by atoms with van der Waals surface area (Å²) >= 11 is 6.04. The van der Waals surface area contributed by atoms with Crippen molar-refractivity contribution in [3.8, 4) is 0 Å². The second-order valence-corrected chi connectivity index (χ2v) is 8.05. The van der Waals surface area contributed by atoms with Crippen molar-refractivity contribution in [1.29, 1.82) is 0 Å². The van der Waals surface area contributed by atoms with Gasteiger partial charge in [-0.25, -0.2) is 4.39 Å². The van der Waals surface area contributed by atoms with Gasteiger partial charge in [0, 0.05) is 36.0 Å². The lowest BCUT2D eigenvalue weighted by atomic mass is 10.1. The van der Waals surface area contributed by atoms with Crippen molar-refractivity contribution in [2.75, 3.05) is 0 Å². The molecule has 0 spiro atoms. The van der Waals surface area contributed by atoms with Gasteiger partial charge in [-0.15, -0.1) is 10.2 Å². The number of aryl methyl sites for hydroxylation is 3.